The number of hydrogen-bond donors (Lipinski definition) is 3. The van der Waals surface area contributed by atoms with Gasteiger partial charge in [-0.1, -0.05) is 26.0 Å². The van der Waals surface area contributed by atoms with E-state index in [-0.39, 0.29) is 17.6 Å². The van der Waals surface area contributed by atoms with E-state index in [9.17, 15) is 18.3 Å². The van der Waals surface area contributed by atoms with Crippen molar-refractivity contribution in [3.63, 3.8) is 0 Å². The summed E-state index contributed by atoms with van der Waals surface area (Å²) in [5.74, 6) is -0.528. The summed E-state index contributed by atoms with van der Waals surface area (Å²) in [4.78, 5) is 2.28. The van der Waals surface area contributed by atoms with Crippen molar-refractivity contribution in [1.29, 1.82) is 0 Å². The Kier molecular flexibility index (Phi) is 10.8. The standard InChI is InChI=1S/C35H44F4N2O3/c1-5-23(2)32(29-7-6-8-30(31(29)36)35(37,38)39)40-33(26-9-10-26)34(4)15-18-41(19-16-34)17-13-25-11-12-28(21-24(25)3)44-20-14-27(43)22-42/h6-8,11-13,17,21,27,40,42-43H,5,9-10,14-16,18-20,22H2,1-4H3/b17-13+,32-23+. The summed E-state index contributed by atoms with van der Waals surface area (Å²) in [6.45, 7) is 9.63. The molecule has 1 unspecified atom stereocenters. The zero-order valence-electron chi connectivity index (χ0n) is 26.0. The first-order chi connectivity index (χ1) is 20.9. The van der Waals surface area contributed by atoms with Gasteiger partial charge in [0.15, 0.2) is 0 Å². The van der Waals surface area contributed by atoms with E-state index < -0.39 is 23.7 Å². The number of allylic oxidation sites excluding steroid dienone is 3. The van der Waals surface area contributed by atoms with Gasteiger partial charge in [0, 0.05) is 41.9 Å². The van der Waals surface area contributed by atoms with Crippen molar-refractivity contribution in [2.75, 3.05) is 26.3 Å². The third-order valence-electron chi connectivity index (χ3n) is 8.78. The van der Waals surface area contributed by atoms with Gasteiger partial charge in [-0.2, -0.15) is 13.2 Å². The Morgan fingerprint density at radius 1 is 1.16 bits per heavy atom. The van der Waals surface area contributed by atoms with E-state index in [4.69, 9.17) is 9.84 Å². The van der Waals surface area contributed by atoms with Crippen molar-refractivity contribution in [1.82, 2.24) is 10.2 Å². The average Bonchev–Trinajstić information content (AvgIpc) is 3.83. The van der Waals surface area contributed by atoms with Crippen LogP contribution in [0.2, 0.25) is 0 Å². The smallest absolute Gasteiger partial charge is 0.419 e. The normalized spacial score (nSPS) is 17.9. The first kappa shape index (κ1) is 33.6. The third kappa shape index (κ3) is 8.24. The molecule has 0 radical (unpaired) electrons. The number of halogens is 4. The number of hydrogen-bond acceptors (Lipinski definition) is 5. The van der Waals surface area contributed by atoms with Crippen LogP contribution in [0.1, 0.15) is 81.5 Å². The fourth-order valence-corrected chi connectivity index (χ4v) is 5.56. The maximum atomic E-state index is 15.3. The molecular formula is C35H44F4N2O3. The monoisotopic (exact) mass is 616 g/mol. The number of piperidine rings is 1. The van der Waals surface area contributed by atoms with Crippen LogP contribution in [0.15, 0.2) is 59.4 Å². The molecule has 0 spiro atoms. The van der Waals surface area contributed by atoms with Gasteiger partial charge < -0.3 is 25.2 Å². The molecule has 2 aliphatic rings. The molecule has 0 amide bonds. The van der Waals surface area contributed by atoms with Gasteiger partial charge in [-0.3, -0.25) is 0 Å². The second kappa shape index (κ2) is 14.2. The van der Waals surface area contributed by atoms with Crippen LogP contribution in [0.25, 0.3) is 11.8 Å². The van der Waals surface area contributed by atoms with E-state index in [1.54, 1.807) is 0 Å². The molecule has 1 saturated heterocycles. The lowest BCUT2D eigenvalue weighted by Gasteiger charge is -2.41. The van der Waals surface area contributed by atoms with Crippen LogP contribution < -0.4 is 10.1 Å². The summed E-state index contributed by atoms with van der Waals surface area (Å²) in [5.41, 5.74) is 4.13. The topological polar surface area (TPSA) is 65.0 Å². The van der Waals surface area contributed by atoms with Gasteiger partial charge in [0.1, 0.15) is 11.6 Å². The second-order valence-corrected chi connectivity index (χ2v) is 12.2. The van der Waals surface area contributed by atoms with E-state index in [0.717, 1.165) is 67.2 Å². The zero-order valence-corrected chi connectivity index (χ0v) is 26.0. The minimum absolute atomic E-state index is 0.0450. The Hall–Kier alpha value is -3.30. The molecule has 1 aliphatic heterocycles. The Morgan fingerprint density at radius 2 is 1.86 bits per heavy atom. The van der Waals surface area contributed by atoms with Gasteiger partial charge >= 0.3 is 6.18 Å². The fraction of sp³-hybridized carbons (Fsp3) is 0.486. The molecule has 1 aliphatic carbocycles. The van der Waals surface area contributed by atoms with Crippen LogP contribution in [0.5, 0.6) is 5.75 Å². The van der Waals surface area contributed by atoms with Crippen LogP contribution >= 0.6 is 0 Å². The number of aryl methyl sites for hydroxylation is 1. The Bertz CT molecular complexity index is 1400. The van der Waals surface area contributed by atoms with Gasteiger partial charge in [0.05, 0.1) is 24.9 Å². The van der Waals surface area contributed by atoms with Crippen molar-refractivity contribution in [2.24, 2.45) is 5.41 Å². The molecule has 9 heteroatoms. The summed E-state index contributed by atoms with van der Waals surface area (Å²) in [7, 11) is 0. The minimum Gasteiger partial charge on any atom is -0.493 e. The minimum atomic E-state index is -4.77. The lowest BCUT2D eigenvalue weighted by Crippen LogP contribution is -2.40. The van der Waals surface area contributed by atoms with Crippen LogP contribution in [-0.2, 0) is 6.18 Å². The van der Waals surface area contributed by atoms with Gasteiger partial charge in [0.2, 0.25) is 0 Å². The van der Waals surface area contributed by atoms with Gasteiger partial charge in [0.25, 0.3) is 0 Å². The van der Waals surface area contributed by atoms with Crippen LogP contribution in [0, 0.1) is 18.2 Å². The predicted molar refractivity (Wildman–Crippen MR) is 166 cm³/mol. The van der Waals surface area contributed by atoms with E-state index in [0.29, 0.717) is 30.9 Å². The number of benzene rings is 2. The van der Waals surface area contributed by atoms with Crippen LogP contribution in [0.4, 0.5) is 17.6 Å². The average molecular weight is 617 g/mol. The first-order valence-corrected chi connectivity index (χ1v) is 15.4. The largest absolute Gasteiger partial charge is 0.493 e. The zero-order chi connectivity index (χ0) is 32.1. The highest BCUT2D eigenvalue weighted by molar-refractivity contribution is 5.70. The highest BCUT2D eigenvalue weighted by Crippen LogP contribution is 2.46. The Balaban J connectivity index is 1.45. The maximum absolute atomic E-state index is 15.3. The van der Waals surface area contributed by atoms with Crippen molar-refractivity contribution in [3.05, 3.63) is 87.5 Å². The number of likely N-dealkylation sites (tertiary alicyclic amines) is 1. The van der Waals surface area contributed by atoms with E-state index in [1.807, 2.05) is 39.0 Å². The SMILES string of the molecule is CC/C(C)=C(/NC(=C1CC1)C1(C)CCN(/C=C/c2ccc(OCCC(O)CO)cc2C)CC1)c1cccc(C(F)(F)F)c1F. The number of aliphatic hydroxyl groups excluding tert-OH is 2. The Labute approximate surface area is 257 Å². The van der Waals surface area contributed by atoms with Crippen molar-refractivity contribution < 1.29 is 32.5 Å². The molecule has 0 bridgehead atoms. The number of nitrogens with zero attached hydrogens (tertiary/aromatic N) is 1. The van der Waals surface area contributed by atoms with Gasteiger partial charge in [-0.05, 0) is 105 Å². The molecule has 240 valence electrons. The maximum Gasteiger partial charge on any atom is 0.419 e. The number of alkyl halides is 3. The molecule has 5 nitrogen and oxygen atoms in total. The first-order valence-electron chi connectivity index (χ1n) is 15.4. The number of rotatable bonds is 12. The highest BCUT2D eigenvalue weighted by Gasteiger charge is 2.39. The number of nitrogens with one attached hydrogen (secondary N) is 1. The van der Waals surface area contributed by atoms with Crippen LogP contribution in [-0.4, -0.2) is 47.5 Å². The quantitative estimate of drug-likeness (QED) is 0.212. The molecule has 1 atom stereocenters. The summed E-state index contributed by atoms with van der Waals surface area (Å²) >= 11 is 0. The molecule has 0 aromatic heterocycles. The molecule has 44 heavy (non-hydrogen) atoms. The van der Waals surface area contributed by atoms with Crippen LogP contribution in [0.3, 0.4) is 0 Å². The molecule has 2 aromatic carbocycles. The summed E-state index contributed by atoms with van der Waals surface area (Å²) < 4.78 is 61.6. The molecule has 2 fully saturated rings. The summed E-state index contributed by atoms with van der Waals surface area (Å²) in [5, 5.41) is 21.9. The molecule has 4 rings (SSSR count). The number of aliphatic hydroxyl groups is 2. The van der Waals surface area contributed by atoms with Gasteiger partial charge in [-0.25, -0.2) is 4.39 Å². The third-order valence-corrected chi connectivity index (χ3v) is 8.78. The Morgan fingerprint density at radius 3 is 2.45 bits per heavy atom. The van der Waals surface area contributed by atoms with E-state index in [2.05, 4.69) is 29.4 Å². The molecule has 1 saturated carbocycles. The predicted octanol–water partition coefficient (Wildman–Crippen LogP) is 7.83. The molecular weight excluding hydrogens is 572 g/mol. The summed E-state index contributed by atoms with van der Waals surface area (Å²) in [6, 6.07) is 9.33. The molecule has 3 N–H and O–H groups in total. The second-order valence-electron chi connectivity index (χ2n) is 12.2. The summed E-state index contributed by atoms with van der Waals surface area (Å²) in [6.07, 6.45) is 3.13. The van der Waals surface area contributed by atoms with Crippen molar-refractivity contribution in [2.45, 2.75) is 78.5 Å². The van der Waals surface area contributed by atoms with Gasteiger partial charge in [-0.15, -0.1) is 0 Å². The lowest BCUT2D eigenvalue weighted by atomic mass is 9.76. The molecule has 1 heterocycles. The molecule has 2 aromatic rings. The van der Waals surface area contributed by atoms with Crippen molar-refractivity contribution in [3.8, 4) is 5.75 Å². The van der Waals surface area contributed by atoms with E-state index in [1.165, 1.54) is 17.7 Å². The van der Waals surface area contributed by atoms with E-state index >= 15 is 4.39 Å². The lowest BCUT2D eigenvalue weighted by molar-refractivity contribution is -0.140. The highest BCUT2D eigenvalue weighted by atomic mass is 19.4. The number of ether oxygens (including phenoxy) is 1. The van der Waals surface area contributed by atoms with Crippen molar-refractivity contribution >= 4 is 11.8 Å². The fourth-order valence-electron chi connectivity index (χ4n) is 5.56.